The molecule has 6 nitrogen and oxygen atoms in total. The topological polar surface area (TPSA) is 113 Å². The summed E-state index contributed by atoms with van der Waals surface area (Å²) in [5.74, 6) is -2.03. The third-order valence-electron chi connectivity index (χ3n) is 2.16. The number of hydrogen-bond donors (Lipinski definition) is 4. The number of carboxylic acid groups (broad SMARTS) is 1. The van der Waals surface area contributed by atoms with Crippen molar-refractivity contribution in [3.8, 4) is 5.75 Å². The normalized spacial score (nSPS) is 12.0. The maximum absolute atomic E-state index is 13.5. The van der Waals surface area contributed by atoms with Crippen molar-refractivity contribution in [2.24, 2.45) is 5.73 Å². The summed E-state index contributed by atoms with van der Waals surface area (Å²) in [6, 6.07) is 2.74. The second kappa shape index (κ2) is 6.34. The number of hydrogen-bond acceptors (Lipinski definition) is 5. The van der Waals surface area contributed by atoms with Crippen LogP contribution in [0, 0.1) is 5.82 Å². The van der Waals surface area contributed by atoms with Crippen molar-refractivity contribution in [3.63, 3.8) is 0 Å². The van der Waals surface area contributed by atoms with Gasteiger partial charge in [-0.1, -0.05) is 6.07 Å². The number of halogens is 1. The minimum Gasteiger partial charge on any atom is -0.493 e. The number of nitrogens with two attached hydrogens (primary N) is 1. The van der Waals surface area contributed by atoms with Gasteiger partial charge in [0.1, 0.15) is 12.5 Å². The van der Waals surface area contributed by atoms with E-state index in [-0.39, 0.29) is 12.2 Å². The molecule has 0 aliphatic carbocycles. The molecule has 0 aliphatic heterocycles. The fourth-order valence-corrected chi connectivity index (χ4v) is 1.29. The Kier molecular flexibility index (Phi) is 5.08. The van der Waals surface area contributed by atoms with Crippen LogP contribution in [0.1, 0.15) is 5.56 Å². The second-order valence-corrected chi connectivity index (χ2v) is 3.71. The first kappa shape index (κ1) is 14.4. The third-order valence-corrected chi connectivity index (χ3v) is 2.16. The summed E-state index contributed by atoms with van der Waals surface area (Å²) < 4.78 is 18.3. The molecule has 0 radical (unpaired) electrons. The minimum atomic E-state index is -1.69. The fraction of sp³-hybridized carbons (Fsp3) is 0.300. The van der Waals surface area contributed by atoms with Crippen LogP contribution in [-0.2, 0) is 11.2 Å². The molecule has 0 fully saturated rings. The molecular weight excluding hydrogens is 244 g/mol. The molecule has 5 N–H and O–H groups in total. The smallest absolute Gasteiger partial charge is 0.491 e. The molecule has 1 atom stereocenters. The minimum absolute atomic E-state index is 0.00480. The standard InChI is InChI=1S/C10H13BFNO5/c12-7-3-6(4-8(13)10(14)15)1-2-9(7)18-5-11(16)17/h1-3,8,16-17H,4-5,13H2,(H,14,15). The van der Waals surface area contributed by atoms with E-state index in [4.69, 9.17) is 25.6 Å². The molecule has 18 heavy (non-hydrogen) atoms. The van der Waals surface area contributed by atoms with Crippen LogP contribution in [0.2, 0.25) is 0 Å². The Balaban J connectivity index is 2.70. The number of carboxylic acids is 1. The molecule has 8 heteroatoms. The number of rotatable bonds is 6. The van der Waals surface area contributed by atoms with E-state index in [9.17, 15) is 9.18 Å². The lowest BCUT2D eigenvalue weighted by Crippen LogP contribution is -2.32. The predicted octanol–water partition coefficient (Wildman–Crippen LogP) is -0.829. The Morgan fingerprint density at radius 1 is 1.50 bits per heavy atom. The fourth-order valence-electron chi connectivity index (χ4n) is 1.29. The van der Waals surface area contributed by atoms with Crippen LogP contribution >= 0.6 is 0 Å². The van der Waals surface area contributed by atoms with E-state index in [0.29, 0.717) is 5.56 Å². The largest absolute Gasteiger partial charge is 0.493 e. The van der Waals surface area contributed by atoms with Crippen LogP contribution in [0.3, 0.4) is 0 Å². The summed E-state index contributed by atoms with van der Waals surface area (Å²) >= 11 is 0. The molecule has 0 saturated heterocycles. The van der Waals surface area contributed by atoms with Gasteiger partial charge in [-0.2, -0.15) is 0 Å². The third kappa shape index (κ3) is 4.32. The van der Waals surface area contributed by atoms with Crippen molar-refractivity contribution in [3.05, 3.63) is 29.6 Å². The first-order chi connectivity index (χ1) is 8.40. The van der Waals surface area contributed by atoms with Crippen molar-refractivity contribution < 1.29 is 29.1 Å². The Morgan fingerprint density at radius 2 is 2.17 bits per heavy atom. The lowest BCUT2D eigenvalue weighted by atomic mass is 9.95. The highest BCUT2D eigenvalue weighted by Crippen LogP contribution is 2.19. The Morgan fingerprint density at radius 3 is 2.67 bits per heavy atom. The highest BCUT2D eigenvalue weighted by atomic mass is 19.1. The average molecular weight is 257 g/mol. The molecule has 1 unspecified atom stereocenters. The number of benzene rings is 1. The molecule has 0 aromatic heterocycles. The molecule has 1 rings (SSSR count). The van der Waals surface area contributed by atoms with Crippen molar-refractivity contribution in [2.45, 2.75) is 12.5 Å². The summed E-state index contributed by atoms with van der Waals surface area (Å²) in [6.07, 6.45) is -0.00480. The van der Waals surface area contributed by atoms with Gasteiger partial charge in [-0.15, -0.1) is 0 Å². The molecule has 0 aliphatic rings. The van der Waals surface area contributed by atoms with Gasteiger partial charge in [0.2, 0.25) is 0 Å². The quantitative estimate of drug-likeness (QED) is 0.495. The maximum atomic E-state index is 13.5. The predicted molar refractivity (Wildman–Crippen MR) is 61.4 cm³/mol. The van der Waals surface area contributed by atoms with Crippen LogP contribution in [0.25, 0.3) is 0 Å². The van der Waals surface area contributed by atoms with E-state index in [1.165, 1.54) is 12.1 Å². The van der Waals surface area contributed by atoms with Gasteiger partial charge >= 0.3 is 13.1 Å². The molecule has 0 spiro atoms. The molecule has 0 amide bonds. The van der Waals surface area contributed by atoms with Crippen molar-refractivity contribution in [1.29, 1.82) is 0 Å². The Bertz CT molecular complexity index is 429. The van der Waals surface area contributed by atoms with E-state index in [1.54, 1.807) is 0 Å². The van der Waals surface area contributed by atoms with E-state index in [2.05, 4.69) is 0 Å². The SMILES string of the molecule is NC(Cc1ccc(OCB(O)O)c(F)c1)C(=O)O. The van der Waals surface area contributed by atoms with E-state index in [0.717, 1.165) is 6.07 Å². The van der Waals surface area contributed by atoms with Crippen LogP contribution in [0.5, 0.6) is 5.75 Å². The molecule has 1 aromatic carbocycles. The van der Waals surface area contributed by atoms with E-state index >= 15 is 0 Å². The highest BCUT2D eigenvalue weighted by Gasteiger charge is 2.15. The maximum Gasteiger partial charge on any atom is 0.491 e. The number of ether oxygens (including phenoxy) is 1. The first-order valence-corrected chi connectivity index (χ1v) is 5.16. The summed E-state index contributed by atoms with van der Waals surface area (Å²) in [4.78, 5) is 10.5. The van der Waals surface area contributed by atoms with Gasteiger partial charge in [0.25, 0.3) is 0 Å². The van der Waals surface area contributed by atoms with E-state index in [1.807, 2.05) is 0 Å². The van der Waals surface area contributed by atoms with Gasteiger partial charge in [-0.3, -0.25) is 4.79 Å². The van der Waals surface area contributed by atoms with Crippen LogP contribution in [0.15, 0.2) is 18.2 Å². The van der Waals surface area contributed by atoms with Crippen LogP contribution in [0.4, 0.5) is 4.39 Å². The molecule has 0 heterocycles. The Hall–Kier alpha value is -1.64. The Labute approximate surface area is 103 Å². The van der Waals surface area contributed by atoms with Gasteiger partial charge in [-0.05, 0) is 24.1 Å². The summed E-state index contributed by atoms with van der Waals surface area (Å²) in [6.45, 7) is -0.453. The van der Waals surface area contributed by atoms with Crippen molar-refractivity contribution in [2.75, 3.05) is 6.51 Å². The lowest BCUT2D eigenvalue weighted by Gasteiger charge is -2.09. The zero-order valence-electron chi connectivity index (χ0n) is 9.41. The summed E-state index contributed by atoms with van der Waals surface area (Å²) in [7, 11) is -1.69. The van der Waals surface area contributed by atoms with Gasteiger partial charge < -0.3 is 25.6 Å². The summed E-state index contributed by atoms with van der Waals surface area (Å²) in [5.41, 5.74) is 5.73. The van der Waals surface area contributed by atoms with Crippen molar-refractivity contribution >= 4 is 13.1 Å². The van der Waals surface area contributed by atoms with Crippen LogP contribution < -0.4 is 10.5 Å². The second-order valence-electron chi connectivity index (χ2n) is 3.71. The van der Waals surface area contributed by atoms with E-state index < -0.39 is 31.5 Å². The molecular formula is C10H13BFNO5. The number of aliphatic carboxylic acids is 1. The highest BCUT2D eigenvalue weighted by molar-refractivity contribution is 6.40. The summed E-state index contributed by atoms with van der Waals surface area (Å²) in [5, 5.41) is 25.7. The lowest BCUT2D eigenvalue weighted by molar-refractivity contribution is -0.138. The van der Waals surface area contributed by atoms with Gasteiger partial charge in [0, 0.05) is 0 Å². The van der Waals surface area contributed by atoms with Gasteiger partial charge in [0.05, 0.1) is 0 Å². The zero-order chi connectivity index (χ0) is 13.7. The molecule has 1 aromatic rings. The monoisotopic (exact) mass is 257 g/mol. The molecule has 0 bridgehead atoms. The average Bonchev–Trinajstić information content (AvgIpc) is 2.27. The molecule has 98 valence electrons. The van der Waals surface area contributed by atoms with Crippen molar-refractivity contribution in [1.82, 2.24) is 0 Å². The zero-order valence-corrected chi connectivity index (χ0v) is 9.41. The number of carbonyl (C=O) groups is 1. The van der Waals surface area contributed by atoms with Gasteiger partial charge in [0.15, 0.2) is 11.6 Å². The van der Waals surface area contributed by atoms with Gasteiger partial charge in [-0.25, -0.2) is 4.39 Å². The first-order valence-electron chi connectivity index (χ1n) is 5.16. The molecule has 0 saturated carbocycles. The van der Waals surface area contributed by atoms with Crippen LogP contribution in [-0.4, -0.2) is 40.8 Å².